The molecule has 0 saturated heterocycles. The first-order chi connectivity index (χ1) is 14.9. The summed E-state index contributed by atoms with van der Waals surface area (Å²) < 4.78 is 1.66. The molecule has 176 valence electrons. The number of carbonyl (C=O) groups is 2. The fourth-order valence-corrected chi connectivity index (χ4v) is 4.60. The molecule has 2 heterocycles. The van der Waals surface area contributed by atoms with Crippen molar-refractivity contribution in [2.24, 2.45) is 22.7 Å². The molecule has 1 fully saturated rings. The summed E-state index contributed by atoms with van der Waals surface area (Å²) in [6.07, 6.45) is 5.13. The number of aliphatic hydroxyl groups is 1. The maximum atomic E-state index is 13.0. The van der Waals surface area contributed by atoms with Gasteiger partial charge in [-0.25, -0.2) is 4.98 Å². The summed E-state index contributed by atoms with van der Waals surface area (Å²) in [5.41, 5.74) is 1.20. The van der Waals surface area contributed by atoms with E-state index >= 15 is 0 Å². The second-order valence-electron chi connectivity index (χ2n) is 11.0. The first-order valence-electron chi connectivity index (χ1n) is 11.6. The van der Waals surface area contributed by atoms with Crippen LogP contribution in [0.15, 0.2) is 24.4 Å². The van der Waals surface area contributed by atoms with E-state index in [9.17, 15) is 14.7 Å². The lowest BCUT2D eigenvalue weighted by molar-refractivity contribution is 0.0785. The Balaban J connectivity index is 1.75. The zero-order valence-corrected chi connectivity index (χ0v) is 20.2. The molecule has 0 aliphatic heterocycles. The summed E-state index contributed by atoms with van der Waals surface area (Å²) >= 11 is 0. The highest BCUT2D eigenvalue weighted by Crippen LogP contribution is 2.43. The van der Waals surface area contributed by atoms with E-state index in [1.165, 1.54) is 12.8 Å². The normalized spacial score (nSPS) is 21.8. The lowest BCUT2D eigenvalue weighted by atomic mass is 9.64. The number of rotatable bonds is 6. The van der Waals surface area contributed by atoms with Crippen LogP contribution < -0.4 is 10.6 Å². The van der Waals surface area contributed by atoms with Crippen LogP contribution in [-0.4, -0.2) is 45.5 Å². The number of carbonyl (C=O) groups excluding carboxylic acids is 2. The lowest BCUT2D eigenvalue weighted by Crippen LogP contribution is -2.46. The Morgan fingerprint density at radius 2 is 2.00 bits per heavy atom. The number of hydrogen-bond acceptors (Lipinski definition) is 4. The Labute approximate surface area is 191 Å². The molecule has 0 radical (unpaired) electrons. The van der Waals surface area contributed by atoms with E-state index < -0.39 is 6.04 Å². The van der Waals surface area contributed by atoms with Gasteiger partial charge in [-0.2, -0.15) is 0 Å². The van der Waals surface area contributed by atoms with Crippen molar-refractivity contribution >= 4 is 17.5 Å². The number of pyridine rings is 1. The average Bonchev–Trinajstić information content (AvgIpc) is 3.16. The molecule has 2 amide bonds. The Morgan fingerprint density at radius 1 is 1.28 bits per heavy atom. The number of imidazole rings is 1. The van der Waals surface area contributed by atoms with Gasteiger partial charge in [0.15, 0.2) is 0 Å². The van der Waals surface area contributed by atoms with Crippen LogP contribution in [0.1, 0.15) is 81.8 Å². The SMILES string of the molecule is CC1C(CNC(=O)c2cccc3nc(C(=O)NC(CO)C(C)(C)C)cn23)CCCC1(C)C. The van der Waals surface area contributed by atoms with Crippen LogP contribution in [0.2, 0.25) is 0 Å². The fourth-order valence-electron chi connectivity index (χ4n) is 4.60. The highest BCUT2D eigenvalue weighted by molar-refractivity contribution is 5.95. The van der Waals surface area contributed by atoms with Gasteiger partial charge in [0.2, 0.25) is 0 Å². The van der Waals surface area contributed by atoms with Crippen LogP contribution >= 0.6 is 0 Å². The van der Waals surface area contributed by atoms with Crippen molar-refractivity contribution in [1.82, 2.24) is 20.0 Å². The van der Waals surface area contributed by atoms with E-state index in [4.69, 9.17) is 0 Å². The molecule has 3 unspecified atom stereocenters. The second kappa shape index (κ2) is 9.22. The van der Waals surface area contributed by atoms with Gasteiger partial charge in [0.25, 0.3) is 11.8 Å². The quantitative estimate of drug-likeness (QED) is 0.636. The van der Waals surface area contributed by atoms with Crippen LogP contribution in [0.4, 0.5) is 0 Å². The zero-order valence-electron chi connectivity index (χ0n) is 20.2. The maximum Gasteiger partial charge on any atom is 0.271 e. The highest BCUT2D eigenvalue weighted by Gasteiger charge is 2.35. The molecule has 3 rings (SSSR count). The molecule has 2 aromatic heterocycles. The summed E-state index contributed by atoms with van der Waals surface area (Å²) in [5.74, 6) is 0.461. The molecular weight excluding hydrogens is 404 g/mol. The largest absolute Gasteiger partial charge is 0.394 e. The van der Waals surface area contributed by atoms with E-state index in [0.717, 1.165) is 6.42 Å². The van der Waals surface area contributed by atoms with Crippen LogP contribution in [0.3, 0.4) is 0 Å². The van der Waals surface area contributed by atoms with Gasteiger partial charge in [0, 0.05) is 12.7 Å². The van der Waals surface area contributed by atoms with Crippen LogP contribution in [0.5, 0.6) is 0 Å². The lowest BCUT2D eigenvalue weighted by Gasteiger charge is -2.42. The van der Waals surface area contributed by atoms with Gasteiger partial charge in [-0.1, -0.05) is 54.0 Å². The van der Waals surface area contributed by atoms with Crippen LogP contribution in [0.25, 0.3) is 5.65 Å². The third-order valence-electron chi connectivity index (χ3n) is 7.35. The highest BCUT2D eigenvalue weighted by atomic mass is 16.3. The average molecular weight is 443 g/mol. The van der Waals surface area contributed by atoms with E-state index in [-0.39, 0.29) is 29.5 Å². The van der Waals surface area contributed by atoms with Crippen molar-refractivity contribution in [2.45, 2.75) is 66.8 Å². The van der Waals surface area contributed by atoms with E-state index in [2.05, 4.69) is 36.4 Å². The minimum Gasteiger partial charge on any atom is -0.394 e. The molecule has 0 bridgehead atoms. The van der Waals surface area contributed by atoms with Crippen LogP contribution in [-0.2, 0) is 0 Å². The van der Waals surface area contributed by atoms with E-state index in [1.54, 1.807) is 28.8 Å². The minimum atomic E-state index is -0.399. The smallest absolute Gasteiger partial charge is 0.271 e. The fraction of sp³-hybridized carbons (Fsp3) is 0.640. The molecule has 7 heteroatoms. The van der Waals surface area contributed by atoms with Gasteiger partial charge in [0.1, 0.15) is 17.0 Å². The minimum absolute atomic E-state index is 0.160. The van der Waals surface area contributed by atoms with Gasteiger partial charge in [0.05, 0.1) is 12.6 Å². The first-order valence-corrected chi connectivity index (χ1v) is 11.6. The standard InChI is InChI=1S/C25H38N4O3/c1-16-17(9-8-12-25(16,5)6)13-26-23(32)19-10-7-11-21-27-18(14-29(19)21)22(31)28-20(15-30)24(2,3)4/h7,10-11,14,16-17,20,30H,8-9,12-13,15H2,1-6H3,(H,26,32)(H,28,31). The van der Waals surface area contributed by atoms with Crippen molar-refractivity contribution < 1.29 is 14.7 Å². The van der Waals surface area contributed by atoms with Gasteiger partial charge < -0.3 is 15.7 Å². The number of nitrogens with one attached hydrogen (secondary N) is 2. The Bertz CT molecular complexity index is 973. The molecule has 3 N–H and O–H groups in total. The van der Waals surface area contributed by atoms with E-state index in [1.807, 2.05) is 20.8 Å². The second-order valence-corrected chi connectivity index (χ2v) is 11.0. The summed E-state index contributed by atoms with van der Waals surface area (Å²) in [6.45, 7) is 13.3. The summed E-state index contributed by atoms with van der Waals surface area (Å²) in [7, 11) is 0. The molecule has 7 nitrogen and oxygen atoms in total. The van der Waals surface area contributed by atoms with Gasteiger partial charge in [-0.05, 0) is 47.6 Å². The third kappa shape index (κ3) is 5.14. The molecule has 32 heavy (non-hydrogen) atoms. The van der Waals surface area contributed by atoms with Gasteiger partial charge >= 0.3 is 0 Å². The van der Waals surface area contributed by atoms with Crippen molar-refractivity contribution in [1.29, 1.82) is 0 Å². The number of hydrogen-bond donors (Lipinski definition) is 3. The Kier molecular flexibility index (Phi) is 6.98. The van der Waals surface area contributed by atoms with Gasteiger partial charge in [-0.15, -0.1) is 0 Å². The van der Waals surface area contributed by atoms with Gasteiger partial charge in [-0.3, -0.25) is 14.0 Å². The number of aliphatic hydroxyl groups excluding tert-OH is 1. The molecule has 2 aromatic rings. The predicted octanol–water partition coefficient (Wildman–Crippen LogP) is 3.66. The van der Waals surface area contributed by atoms with Crippen molar-refractivity contribution in [3.63, 3.8) is 0 Å². The molecule has 3 atom stereocenters. The van der Waals surface area contributed by atoms with E-state index in [0.29, 0.717) is 35.1 Å². The molecule has 0 spiro atoms. The third-order valence-corrected chi connectivity index (χ3v) is 7.35. The van der Waals surface area contributed by atoms with Crippen LogP contribution in [0, 0.1) is 22.7 Å². The number of aromatic nitrogens is 2. The Morgan fingerprint density at radius 3 is 2.66 bits per heavy atom. The molecule has 0 aromatic carbocycles. The topological polar surface area (TPSA) is 95.7 Å². The summed E-state index contributed by atoms with van der Waals surface area (Å²) in [4.78, 5) is 30.1. The van der Waals surface area contributed by atoms with Crippen molar-refractivity contribution in [3.8, 4) is 0 Å². The van der Waals surface area contributed by atoms with Crippen molar-refractivity contribution in [3.05, 3.63) is 35.8 Å². The molecule has 1 aliphatic carbocycles. The zero-order chi connectivity index (χ0) is 23.7. The molecular formula is C25H38N4O3. The predicted molar refractivity (Wildman–Crippen MR) is 126 cm³/mol. The molecule has 1 aliphatic rings. The number of fused-ring (bicyclic) bond motifs is 1. The monoisotopic (exact) mass is 442 g/mol. The summed E-state index contributed by atoms with van der Waals surface area (Å²) in [6, 6.07) is 4.89. The molecule has 1 saturated carbocycles. The first kappa shape index (κ1) is 24.2. The number of amides is 2. The van der Waals surface area contributed by atoms with Crippen molar-refractivity contribution in [2.75, 3.05) is 13.2 Å². The number of nitrogens with zero attached hydrogens (tertiary/aromatic N) is 2. The Hall–Kier alpha value is -2.41. The maximum absolute atomic E-state index is 13.0. The summed E-state index contributed by atoms with van der Waals surface area (Å²) in [5, 5.41) is 15.6.